The Labute approximate surface area is 107 Å². The van der Waals surface area contributed by atoms with Crippen molar-refractivity contribution in [2.75, 3.05) is 5.75 Å². The van der Waals surface area contributed by atoms with Crippen molar-refractivity contribution in [3.05, 3.63) is 16.1 Å². The van der Waals surface area contributed by atoms with Crippen LogP contribution < -0.4 is 34.7 Å². The predicted molar refractivity (Wildman–Crippen MR) is 48.4 cm³/mol. The van der Waals surface area contributed by atoms with Crippen molar-refractivity contribution >= 4 is 28.4 Å². The van der Waals surface area contributed by atoms with Crippen LogP contribution in [-0.2, 0) is 6.42 Å². The van der Waals surface area contributed by atoms with Crippen molar-refractivity contribution in [1.29, 1.82) is 0 Å². The molecule has 0 bridgehead atoms. The molecule has 0 unspecified atom stereocenters. The maximum Gasteiger partial charge on any atom is 1.00 e. The van der Waals surface area contributed by atoms with Crippen LogP contribution in [0.5, 0.6) is 0 Å². The molecule has 0 aliphatic carbocycles. The zero-order valence-electron chi connectivity index (χ0n) is 7.57. The Morgan fingerprint density at radius 1 is 1.77 bits per heavy atom. The summed E-state index contributed by atoms with van der Waals surface area (Å²) in [6.07, 6.45) is 0.759. The first-order valence-electron chi connectivity index (χ1n) is 3.43. The first-order chi connectivity index (χ1) is 5.70. The Kier molecular flexibility index (Phi) is 7.07. The van der Waals surface area contributed by atoms with Crippen LogP contribution >= 0.6 is 23.1 Å². The molecule has 0 spiro atoms. The fourth-order valence-electron chi connectivity index (χ4n) is 0.793. The zero-order chi connectivity index (χ0) is 8.97. The van der Waals surface area contributed by atoms with Crippen molar-refractivity contribution in [3.8, 4) is 0 Å². The summed E-state index contributed by atoms with van der Waals surface area (Å²) in [6.45, 7) is 1.93. The predicted octanol–water partition coefficient (Wildman–Crippen LogP) is -1.93. The molecule has 0 radical (unpaired) electrons. The maximum absolute atomic E-state index is 10.1. The summed E-state index contributed by atoms with van der Waals surface area (Å²) in [5, 5.41) is 8.99. The second-order valence-electron chi connectivity index (χ2n) is 2.21. The molecule has 66 valence electrons. The molecule has 0 amide bonds. The number of carbonyl (C=O) groups excluding carboxylic acids is 1. The molecule has 13 heavy (non-hydrogen) atoms. The Balaban J connectivity index is 0.00000144. The van der Waals surface area contributed by atoms with E-state index >= 15 is 0 Å². The number of thiazole rings is 1. The van der Waals surface area contributed by atoms with E-state index in [9.17, 15) is 9.90 Å². The maximum atomic E-state index is 10.1. The SMILES string of the molecule is Cc1ncsc1CCSC(=O)[O-].[Na+]. The van der Waals surface area contributed by atoms with Crippen molar-refractivity contribution in [2.45, 2.75) is 13.3 Å². The minimum absolute atomic E-state index is 0. The molecule has 1 aromatic heterocycles. The smallest absolute Gasteiger partial charge is 0.538 e. The van der Waals surface area contributed by atoms with E-state index in [0.717, 1.165) is 28.8 Å². The van der Waals surface area contributed by atoms with Gasteiger partial charge in [0.25, 0.3) is 0 Å². The largest absolute Gasteiger partial charge is 1.00 e. The van der Waals surface area contributed by atoms with Gasteiger partial charge >= 0.3 is 29.6 Å². The van der Waals surface area contributed by atoms with Gasteiger partial charge in [-0.1, -0.05) is 0 Å². The van der Waals surface area contributed by atoms with Gasteiger partial charge in [0.05, 0.1) is 16.5 Å². The second kappa shape index (κ2) is 6.84. The van der Waals surface area contributed by atoms with E-state index in [1.807, 2.05) is 6.92 Å². The van der Waals surface area contributed by atoms with Crippen molar-refractivity contribution in [2.24, 2.45) is 0 Å². The molecule has 0 saturated carbocycles. The van der Waals surface area contributed by atoms with Crippen molar-refractivity contribution < 1.29 is 39.5 Å². The van der Waals surface area contributed by atoms with E-state index < -0.39 is 5.30 Å². The minimum atomic E-state index is -1.06. The third-order valence-corrected chi connectivity index (χ3v) is 3.03. The van der Waals surface area contributed by atoms with Crippen LogP contribution in [-0.4, -0.2) is 16.0 Å². The van der Waals surface area contributed by atoms with Crippen LogP contribution in [0.3, 0.4) is 0 Å². The van der Waals surface area contributed by atoms with Gasteiger partial charge in [-0.25, -0.2) is 4.98 Å². The van der Waals surface area contributed by atoms with Crippen LogP contribution in [0.2, 0.25) is 0 Å². The van der Waals surface area contributed by atoms with Crippen LogP contribution in [0.1, 0.15) is 10.6 Å². The monoisotopic (exact) mass is 225 g/mol. The summed E-state index contributed by atoms with van der Waals surface area (Å²) in [7, 11) is 0. The molecule has 3 nitrogen and oxygen atoms in total. The first kappa shape index (κ1) is 13.4. The summed E-state index contributed by atoms with van der Waals surface area (Å²) in [5.41, 5.74) is 2.77. The number of carboxylic acid groups (broad SMARTS) is 1. The molecule has 0 atom stereocenters. The van der Waals surface area contributed by atoms with Gasteiger partial charge < -0.3 is 9.90 Å². The van der Waals surface area contributed by atoms with E-state index in [4.69, 9.17) is 0 Å². The van der Waals surface area contributed by atoms with Crippen LogP contribution in [0.25, 0.3) is 0 Å². The van der Waals surface area contributed by atoms with Crippen molar-refractivity contribution in [1.82, 2.24) is 4.98 Å². The minimum Gasteiger partial charge on any atom is -0.538 e. The fourth-order valence-corrected chi connectivity index (χ4v) is 2.18. The normalized spacial score (nSPS) is 9.31. The number of rotatable bonds is 3. The molecule has 0 N–H and O–H groups in total. The van der Waals surface area contributed by atoms with E-state index in [1.165, 1.54) is 0 Å². The molecule has 0 aliphatic heterocycles. The molecular formula is C7H8NNaO2S2. The summed E-state index contributed by atoms with van der Waals surface area (Å²) in [6, 6.07) is 0. The van der Waals surface area contributed by atoms with Gasteiger partial charge in [-0.15, -0.1) is 23.1 Å². The van der Waals surface area contributed by atoms with Gasteiger partial charge in [-0.05, 0) is 13.3 Å². The van der Waals surface area contributed by atoms with Gasteiger partial charge in [-0.3, -0.25) is 0 Å². The van der Waals surface area contributed by atoms with Gasteiger partial charge in [0.15, 0.2) is 0 Å². The van der Waals surface area contributed by atoms with Crippen LogP contribution in [0.4, 0.5) is 4.79 Å². The zero-order valence-corrected chi connectivity index (χ0v) is 11.2. The molecule has 0 aromatic carbocycles. The van der Waals surface area contributed by atoms with Crippen molar-refractivity contribution in [3.63, 3.8) is 0 Å². The molecule has 0 aliphatic rings. The van der Waals surface area contributed by atoms with Crippen LogP contribution in [0.15, 0.2) is 5.51 Å². The molecule has 6 heteroatoms. The van der Waals surface area contributed by atoms with Crippen LogP contribution in [0, 0.1) is 6.92 Å². The van der Waals surface area contributed by atoms with E-state index in [2.05, 4.69) is 4.98 Å². The number of hydrogen-bond donors (Lipinski definition) is 0. The number of thioether (sulfide) groups is 1. The molecule has 1 rings (SSSR count). The topological polar surface area (TPSA) is 53.0 Å². The first-order valence-corrected chi connectivity index (χ1v) is 5.29. The second-order valence-corrected chi connectivity index (χ2v) is 4.18. The Bertz CT molecular complexity index is 277. The molecule has 0 saturated heterocycles. The summed E-state index contributed by atoms with van der Waals surface area (Å²) >= 11 is 2.39. The number of nitrogens with zero attached hydrogens (tertiary/aromatic N) is 1. The average molecular weight is 225 g/mol. The Hall–Kier alpha value is 0.450. The standard InChI is InChI=1S/C7H9NO2S2.Na/c1-5-6(12-4-8-5)2-3-11-7(9)10;/h4H,2-3H2,1H3,(H,9,10);/q;+1/p-1. The quantitative estimate of drug-likeness (QED) is 0.562. The van der Waals surface area contributed by atoms with E-state index in [-0.39, 0.29) is 29.6 Å². The van der Waals surface area contributed by atoms with Gasteiger partial charge in [0.1, 0.15) is 0 Å². The van der Waals surface area contributed by atoms with Gasteiger partial charge in [0, 0.05) is 10.6 Å². The third-order valence-electron chi connectivity index (χ3n) is 1.39. The third kappa shape index (κ3) is 5.02. The number of aromatic nitrogens is 1. The number of carbonyl (C=O) groups is 1. The molecule has 1 aromatic rings. The van der Waals surface area contributed by atoms with Gasteiger partial charge in [-0.2, -0.15) is 0 Å². The van der Waals surface area contributed by atoms with Gasteiger partial charge in [0.2, 0.25) is 0 Å². The molecule has 1 heterocycles. The summed E-state index contributed by atoms with van der Waals surface area (Å²) in [5.74, 6) is 0.561. The Morgan fingerprint density at radius 3 is 2.92 bits per heavy atom. The number of hydrogen-bond acceptors (Lipinski definition) is 5. The average Bonchev–Trinajstić information content (AvgIpc) is 2.36. The molecular weight excluding hydrogens is 217 g/mol. The molecule has 0 fully saturated rings. The number of aryl methyl sites for hydroxylation is 2. The summed E-state index contributed by atoms with van der Waals surface area (Å²) < 4.78 is 0. The van der Waals surface area contributed by atoms with E-state index in [1.54, 1.807) is 16.8 Å². The Morgan fingerprint density at radius 2 is 2.46 bits per heavy atom. The summed E-state index contributed by atoms with van der Waals surface area (Å²) in [4.78, 5) is 15.3. The fraction of sp³-hybridized carbons (Fsp3) is 0.429. The van der Waals surface area contributed by atoms with E-state index in [0.29, 0.717) is 5.75 Å².